The monoisotopic (exact) mass is 409 g/mol. The van der Waals surface area contributed by atoms with E-state index >= 15 is 0 Å². The quantitative estimate of drug-likeness (QED) is 0.508. The van der Waals surface area contributed by atoms with Crippen LogP contribution in [-0.2, 0) is 4.79 Å². The standard InChI is InChI=1S/C21H27N7O2/c1-22-16(21(29)23-2)10-11-28-13-24-18-19(25-14-5-3-6-14)26-17(27-20(18)28)9-8-15-7-4-12-30-15/h4,7,12,14,16,22,24H,3,5-6,10-11,13H2,1-2H3,(H,23,29)(H,25,26,27). The van der Waals surface area contributed by atoms with E-state index < -0.39 is 0 Å². The third-order valence-corrected chi connectivity index (χ3v) is 5.50. The highest BCUT2D eigenvalue weighted by atomic mass is 16.3. The summed E-state index contributed by atoms with van der Waals surface area (Å²) in [6.45, 7) is 1.28. The molecular formula is C21H27N7O2. The molecule has 1 aliphatic heterocycles. The van der Waals surface area contributed by atoms with Crippen LogP contribution in [-0.4, -0.2) is 55.3 Å². The number of rotatable bonds is 7. The highest BCUT2D eigenvalue weighted by Gasteiger charge is 2.28. The van der Waals surface area contributed by atoms with Crippen molar-refractivity contribution in [2.24, 2.45) is 0 Å². The number of carbonyl (C=O) groups is 1. The molecule has 0 bridgehead atoms. The topological polar surface area (TPSA) is 107 Å². The van der Waals surface area contributed by atoms with Crippen LogP contribution in [0.1, 0.15) is 37.3 Å². The average Bonchev–Trinajstić information content (AvgIpc) is 3.39. The molecular weight excluding hydrogens is 382 g/mol. The van der Waals surface area contributed by atoms with Crippen molar-refractivity contribution in [3.05, 3.63) is 30.0 Å². The van der Waals surface area contributed by atoms with Gasteiger partial charge in [-0.15, -0.1) is 0 Å². The first-order valence-corrected chi connectivity index (χ1v) is 10.3. The minimum atomic E-state index is -0.258. The van der Waals surface area contributed by atoms with E-state index in [1.807, 2.05) is 0 Å². The molecule has 0 spiro atoms. The summed E-state index contributed by atoms with van der Waals surface area (Å²) in [5.74, 6) is 8.56. The molecule has 2 aromatic heterocycles. The van der Waals surface area contributed by atoms with Crippen LogP contribution in [0.2, 0.25) is 0 Å². The fourth-order valence-electron chi connectivity index (χ4n) is 3.51. The van der Waals surface area contributed by atoms with E-state index in [2.05, 4.69) is 43.0 Å². The van der Waals surface area contributed by atoms with Crippen LogP contribution in [0.5, 0.6) is 0 Å². The maximum absolute atomic E-state index is 12.0. The molecule has 2 aromatic rings. The van der Waals surface area contributed by atoms with Crippen molar-refractivity contribution in [3.63, 3.8) is 0 Å². The molecule has 1 amide bonds. The molecule has 1 fully saturated rings. The molecule has 1 aliphatic carbocycles. The summed E-state index contributed by atoms with van der Waals surface area (Å²) in [7, 11) is 3.44. The summed E-state index contributed by atoms with van der Waals surface area (Å²) in [4.78, 5) is 23.4. The van der Waals surface area contributed by atoms with Gasteiger partial charge in [0.15, 0.2) is 17.4 Å². The Morgan fingerprint density at radius 1 is 1.37 bits per heavy atom. The summed E-state index contributed by atoms with van der Waals surface area (Å²) < 4.78 is 5.29. The molecule has 1 unspecified atom stereocenters. The molecule has 3 heterocycles. The molecule has 9 nitrogen and oxygen atoms in total. The van der Waals surface area contributed by atoms with Gasteiger partial charge in [0.05, 0.1) is 19.0 Å². The maximum atomic E-state index is 12.0. The van der Waals surface area contributed by atoms with E-state index in [0.717, 1.165) is 30.2 Å². The van der Waals surface area contributed by atoms with Crippen LogP contribution in [0.3, 0.4) is 0 Å². The average molecular weight is 409 g/mol. The van der Waals surface area contributed by atoms with Gasteiger partial charge in [0.25, 0.3) is 0 Å². The van der Waals surface area contributed by atoms with Gasteiger partial charge >= 0.3 is 0 Å². The maximum Gasteiger partial charge on any atom is 0.236 e. The lowest BCUT2D eigenvalue weighted by atomic mass is 9.93. The van der Waals surface area contributed by atoms with Gasteiger partial charge in [-0.05, 0) is 56.7 Å². The summed E-state index contributed by atoms with van der Waals surface area (Å²) in [5.41, 5.74) is 0.895. The smallest absolute Gasteiger partial charge is 0.236 e. The number of amides is 1. The number of hydrogen-bond acceptors (Lipinski definition) is 8. The fourth-order valence-corrected chi connectivity index (χ4v) is 3.51. The number of nitrogens with zero attached hydrogens (tertiary/aromatic N) is 3. The fraction of sp³-hybridized carbons (Fsp3) is 0.476. The second kappa shape index (κ2) is 9.05. The minimum absolute atomic E-state index is 0.0232. The normalized spacial score (nSPS) is 16.0. The van der Waals surface area contributed by atoms with Crippen LogP contribution < -0.4 is 26.2 Å². The van der Waals surface area contributed by atoms with E-state index in [0.29, 0.717) is 37.3 Å². The van der Waals surface area contributed by atoms with Gasteiger partial charge in [0.2, 0.25) is 11.7 Å². The molecule has 0 saturated heterocycles. The number of likely N-dealkylation sites (N-methyl/N-ethyl adjacent to an activating group) is 2. The molecule has 0 radical (unpaired) electrons. The van der Waals surface area contributed by atoms with E-state index in [4.69, 9.17) is 9.40 Å². The van der Waals surface area contributed by atoms with Crippen LogP contribution in [0.15, 0.2) is 22.8 Å². The van der Waals surface area contributed by atoms with Crippen LogP contribution in [0, 0.1) is 11.8 Å². The van der Waals surface area contributed by atoms with E-state index in [1.54, 1.807) is 32.5 Å². The third-order valence-electron chi connectivity index (χ3n) is 5.50. The molecule has 2 aliphatic rings. The van der Waals surface area contributed by atoms with Crippen molar-refractivity contribution in [2.45, 2.75) is 37.8 Å². The molecule has 30 heavy (non-hydrogen) atoms. The van der Waals surface area contributed by atoms with Gasteiger partial charge in [-0.3, -0.25) is 4.79 Å². The predicted molar refractivity (Wildman–Crippen MR) is 115 cm³/mol. The lowest BCUT2D eigenvalue weighted by Gasteiger charge is -2.27. The Morgan fingerprint density at radius 3 is 2.90 bits per heavy atom. The Balaban J connectivity index is 1.57. The second-order valence-corrected chi connectivity index (χ2v) is 7.44. The number of nitrogens with one attached hydrogen (secondary N) is 4. The number of fused-ring (bicyclic) bond motifs is 1. The predicted octanol–water partition coefficient (Wildman–Crippen LogP) is 1.35. The van der Waals surface area contributed by atoms with Gasteiger partial charge < -0.3 is 30.6 Å². The molecule has 4 rings (SSSR count). The van der Waals surface area contributed by atoms with E-state index in [1.165, 1.54) is 6.42 Å². The van der Waals surface area contributed by atoms with Crippen molar-refractivity contribution in [1.29, 1.82) is 0 Å². The summed E-state index contributed by atoms with van der Waals surface area (Å²) >= 11 is 0. The Morgan fingerprint density at radius 2 is 2.23 bits per heavy atom. The van der Waals surface area contributed by atoms with Gasteiger partial charge in [-0.1, -0.05) is 0 Å². The first-order chi connectivity index (χ1) is 14.7. The molecule has 1 atom stereocenters. The minimum Gasteiger partial charge on any atom is -0.456 e. The Labute approximate surface area is 176 Å². The second-order valence-electron chi connectivity index (χ2n) is 7.44. The van der Waals surface area contributed by atoms with Gasteiger partial charge in [-0.2, -0.15) is 0 Å². The van der Waals surface area contributed by atoms with Crippen molar-refractivity contribution < 1.29 is 9.21 Å². The molecule has 1 saturated carbocycles. The van der Waals surface area contributed by atoms with Gasteiger partial charge in [-0.25, -0.2) is 9.97 Å². The lowest BCUT2D eigenvalue weighted by molar-refractivity contribution is -0.122. The number of furan rings is 1. The summed E-state index contributed by atoms with van der Waals surface area (Å²) in [6.07, 6.45) is 5.77. The van der Waals surface area contributed by atoms with E-state index in [9.17, 15) is 4.79 Å². The number of aromatic nitrogens is 2. The van der Waals surface area contributed by atoms with Gasteiger partial charge in [0.1, 0.15) is 5.69 Å². The Kier molecular flexibility index (Phi) is 6.05. The highest BCUT2D eigenvalue weighted by Crippen LogP contribution is 2.36. The van der Waals surface area contributed by atoms with Crippen molar-refractivity contribution >= 4 is 23.2 Å². The highest BCUT2D eigenvalue weighted by molar-refractivity contribution is 5.83. The SMILES string of the molecule is CNC(=O)C(CCN1CNc2c(NC3CCC3)nc(C#Cc3ccco3)nc21)NC. The first-order valence-electron chi connectivity index (χ1n) is 10.3. The van der Waals surface area contributed by atoms with Crippen molar-refractivity contribution in [2.75, 3.05) is 42.8 Å². The Hall–Kier alpha value is -3.25. The van der Waals surface area contributed by atoms with Crippen LogP contribution in [0.4, 0.5) is 17.3 Å². The molecule has 9 heteroatoms. The van der Waals surface area contributed by atoms with Crippen LogP contribution in [0.25, 0.3) is 0 Å². The zero-order chi connectivity index (χ0) is 20.9. The molecule has 4 N–H and O–H groups in total. The molecule has 158 valence electrons. The first kappa shape index (κ1) is 20.0. The summed E-state index contributed by atoms with van der Waals surface area (Å²) in [6, 6.07) is 3.78. The summed E-state index contributed by atoms with van der Waals surface area (Å²) in [5, 5.41) is 12.7. The zero-order valence-corrected chi connectivity index (χ0v) is 17.3. The largest absolute Gasteiger partial charge is 0.456 e. The zero-order valence-electron chi connectivity index (χ0n) is 17.3. The van der Waals surface area contributed by atoms with Crippen molar-refractivity contribution in [3.8, 4) is 11.8 Å². The number of carbonyl (C=O) groups excluding carboxylic acids is 1. The van der Waals surface area contributed by atoms with Gasteiger partial charge in [0, 0.05) is 19.6 Å². The number of hydrogen-bond donors (Lipinski definition) is 4. The van der Waals surface area contributed by atoms with E-state index in [-0.39, 0.29) is 11.9 Å². The van der Waals surface area contributed by atoms with Crippen LogP contribution >= 0.6 is 0 Å². The Bertz CT molecular complexity index is 944. The molecule has 0 aromatic carbocycles. The van der Waals surface area contributed by atoms with Crippen molar-refractivity contribution in [1.82, 2.24) is 20.6 Å². The third kappa shape index (κ3) is 4.33. The lowest BCUT2D eigenvalue weighted by Crippen LogP contribution is -2.43. The number of anilines is 3.